The fourth-order valence-corrected chi connectivity index (χ4v) is 1.04. The Balaban J connectivity index is 2.81. The van der Waals surface area contributed by atoms with Gasteiger partial charge in [-0.3, -0.25) is 0 Å². The van der Waals surface area contributed by atoms with Crippen molar-refractivity contribution in [3.05, 3.63) is 29.0 Å². The maximum Gasteiger partial charge on any atom is 0.173 e. The van der Waals surface area contributed by atoms with Crippen molar-refractivity contribution in [2.75, 3.05) is 6.61 Å². The van der Waals surface area contributed by atoms with E-state index in [0.717, 1.165) is 6.42 Å². The van der Waals surface area contributed by atoms with Gasteiger partial charge in [0, 0.05) is 0 Å². The molecule has 0 amide bonds. The average molecular weight is 189 g/mol. The van der Waals surface area contributed by atoms with Crippen LogP contribution in [0.1, 0.15) is 13.3 Å². The van der Waals surface area contributed by atoms with Crippen molar-refractivity contribution in [2.45, 2.75) is 13.3 Å². The third-order valence-corrected chi connectivity index (χ3v) is 1.67. The van der Waals surface area contributed by atoms with Crippen molar-refractivity contribution < 1.29 is 9.13 Å². The molecule has 0 N–H and O–H groups in total. The van der Waals surface area contributed by atoms with Crippen LogP contribution in [0.3, 0.4) is 0 Å². The molecule has 0 saturated carbocycles. The van der Waals surface area contributed by atoms with Crippen LogP contribution in [0.25, 0.3) is 0 Å². The molecule has 0 radical (unpaired) electrons. The first kappa shape index (κ1) is 9.33. The third kappa shape index (κ3) is 2.11. The maximum atomic E-state index is 13.0. The smallest absolute Gasteiger partial charge is 0.173 e. The molecule has 0 unspecified atom stereocenters. The van der Waals surface area contributed by atoms with E-state index in [-0.39, 0.29) is 5.75 Å². The largest absolute Gasteiger partial charge is 0.489 e. The number of rotatable bonds is 3. The Morgan fingerprint density at radius 2 is 2.25 bits per heavy atom. The minimum absolute atomic E-state index is 0.154. The van der Waals surface area contributed by atoms with Crippen molar-refractivity contribution in [2.24, 2.45) is 0 Å². The highest BCUT2D eigenvalue weighted by Crippen LogP contribution is 2.27. The number of hydrogen-bond acceptors (Lipinski definition) is 1. The SMILES string of the molecule is CCCOc1c(F)cccc1Cl. The predicted octanol–water partition coefficient (Wildman–Crippen LogP) is 3.27. The second-order valence-electron chi connectivity index (χ2n) is 2.40. The molecule has 1 aromatic rings. The summed E-state index contributed by atoms with van der Waals surface area (Å²) < 4.78 is 18.1. The highest BCUT2D eigenvalue weighted by Gasteiger charge is 2.06. The third-order valence-electron chi connectivity index (χ3n) is 1.37. The van der Waals surface area contributed by atoms with E-state index >= 15 is 0 Å². The average Bonchev–Trinajstić information content (AvgIpc) is 2.04. The highest BCUT2D eigenvalue weighted by atomic mass is 35.5. The zero-order valence-electron chi connectivity index (χ0n) is 6.81. The monoisotopic (exact) mass is 188 g/mol. The summed E-state index contributed by atoms with van der Waals surface area (Å²) in [4.78, 5) is 0. The predicted molar refractivity (Wildman–Crippen MR) is 47.2 cm³/mol. The molecule has 0 aliphatic heterocycles. The van der Waals surface area contributed by atoms with Crippen LogP contribution in [0.4, 0.5) is 4.39 Å². The minimum atomic E-state index is -0.407. The second-order valence-corrected chi connectivity index (χ2v) is 2.81. The van der Waals surface area contributed by atoms with Crippen LogP contribution in [0, 0.1) is 5.82 Å². The topological polar surface area (TPSA) is 9.23 Å². The number of hydrogen-bond donors (Lipinski definition) is 0. The zero-order valence-corrected chi connectivity index (χ0v) is 7.57. The Morgan fingerprint density at radius 1 is 1.50 bits per heavy atom. The van der Waals surface area contributed by atoms with Gasteiger partial charge in [-0.2, -0.15) is 0 Å². The molecule has 0 aromatic heterocycles. The van der Waals surface area contributed by atoms with Gasteiger partial charge in [-0.15, -0.1) is 0 Å². The number of halogens is 2. The summed E-state index contributed by atoms with van der Waals surface area (Å²) in [5.74, 6) is -0.253. The first-order valence-corrected chi connectivity index (χ1v) is 4.20. The standard InChI is InChI=1S/C9H10ClFO/c1-2-6-12-9-7(10)4-3-5-8(9)11/h3-5H,2,6H2,1H3. The molecule has 3 heteroatoms. The van der Waals surface area contributed by atoms with Crippen LogP contribution in [-0.2, 0) is 0 Å². The Labute approximate surface area is 76.1 Å². The van der Waals surface area contributed by atoms with Crippen molar-refractivity contribution in [3.8, 4) is 5.75 Å². The van der Waals surface area contributed by atoms with Gasteiger partial charge in [-0.25, -0.2) is 4.39 Å². The van der Waals surface area contributed by atoms with Crippen LogP contribution in [-0.4, -0.2) is 6.61 Å². The second kappa shape index (κ2) is 4.31. The maximum absolute atomic E-state index is 13.0. The van der Waals surface area contributed by atoms with Crippen molar-refractivity contribution in [1.82, 2.24) is 0 Å². The Bertz CT molecular complexity index is 242. The summed E-state index contributed by atoms with van der Waals surface area (Å²) >= 11 is 5.70. The van der Waals surface area contributed by atoms with Gasteiger partial charge >= 0.3 is 0 Å². The Morgan fingerprint density at radius 3 is 2.83 bits per heavy atom. The molecule has 0 fully saturated rings. The van der Waals surface area contributed by atoms with Gasteiger partial charge in [-0.1, -0.05) is 24.6 Å². The summed E-state index contributed by atoms with van der Waals surface area (Å²) in [6, 6.07) is 4.49. The van der Waals surface area contributed by atoms with Gasteiger partial charge in [-0.05, 0) is 18.6 Å². The molecule has 1 aromatic carbocycles. The molecule has 1 rings (SSSR count). The normalized spacial score (nSPS) is 9.92. The highest BCUT2D eigenvalue weighted by molar-refractivity contribution is 6.32. The molecular formula is C9H10ClFO. The molecule has 0 heterocycles. The molecule has 0 atom stereocenters. The summed E-state index contributed by atoms with van der Waals surface area (Å²) in [6.45, 7) is 2.44. The van der Waals surface area contributed by atoms with Crippen LogP contribution in [0.2, 0.25) is 5.02 Å². The van der Waals surface area contributed by atoms with E-state index in [1.807, 2.05) is 6.92 Å². The fraction of sp³-hybridized carbons (Fsp3) is 0.333. The van der Waals surface area contributed by atoms with E-state index in [4.69, 9.17) is 16.3 Å². The van der Waals surface area contributed by atoms with E-state index in [1.165, 1.54) is 6.07 Å². The van der Waals surface area contributed by atoms with Gasteiger partial charge in [0.2, 0.25) is 0 Å². The lowest BCUT2D eigenvalue weighted by molar-refractivity contribution is 0.301. The van der Waals surface area contributed by atoms with Crippen molar-refractivity contribution >= 4 is 11.6 Å². The van der Waals surface area contributed by atoms with Gasteiger partial charge in [0.05, 0.1) is 11.6 Å². The zero-order chi connectivity index (χ0) is 8.97. The van der Waals surface area contributed by atoms with Gasteiger partial charge in [0.15, 0.2) is 11.6 Å². The van der Waals surface area contributed by atoms with Crippen LogP contribution >= 0.6 is 11.6 Å². The summed E-state index contributed by atoms with van der Waals surface area (Å²) in [5.41, 5.74) is 0. The number of ether oxygens (including phenoxy) is 1. The van der Waals surface area contributed by atoms with E-state index in [9.17, 15) is 4.39 Å². The molecule has 0 saturated heterocycles. The van der Waals surface area contributed by atoms with E-state index in [2.05, 4.69) is 0 Å². The lowest BCUT2D eigenvalue weighted by Crippen LogP contribution is -1.97. The summed E-state index contributed by atoms with van der Waals surface area (Å²) in [7, 11) is 0. The van der Waals surface area contributed by atoms with E-state index < -0.39 is 5.82 Å². The molecule has 0 bridgehead atoms. The number of para-hydroxylation sites is 1. The van der Waals surface area contributed by atoms with E-state index in [1.54, 1.807) is 12.1 Å². The van der Waals surface area contributed by atoms with Crippen molar-refractivity contribution in [3.63, 3.8) is 0 Å². The molecule has 1 nitrogen and oxygen atoms in total. The van der Waals surface area contributed by atoms with Gasteiger partial charge in [0.1, 0.15) is 0 Å². The molecule has 0 aliphatic rings. The van der Waals surface area contributed by atoms with Crippen LogP contribution in [0.5, 0.6) is 5.75 Å². The van der Waals surface area contributed by atoms with Gasteiger partial charge < -0.3 is 4.74 Å². The molecule has 0 aliphatic carbocycles. The van der Waals surface area contributed by atoms with Gasteiger partial charge in [0.25, 0.3) is 0 Å². The molecular weight excluding hydrogens is 179 g/mol. The molecule has 66 valence electrons. The van der Waals surface area contributed by atoms with Crippen LogP contribution in [0.15, 0.2) is 18.2 Å². The first-order chi connectivity index (χ1) is 5.75. The summed E-state index contributed by atoms with van der Waals surface area (Å²) in [6.07, 6.45) is 0.838. The number of benzene rings is 1. The van der Waals surface area contributed by atoms with E-state index in [0.29, 0.717) is 11.6 Å². The van der Waals surface area contributed by atoms with Crippen molar-refractivity contribution in [1.29, 1.82) is 0 Å². The molecule has 0 spiro atoms. The lowest BCUT2D eigenvalue weighted by Gasteiger charge is -2.06. The Kier molecular flexibility index (Phi) is 3.35. The fourth-order valence-electron chi connectivity index (χ4n) is 0.825. The minimum Gasteiger partial charge on any atom is -0.489 e. The lowest BCUT2D eigenvalue weighted by atomic mass is 10.3. The quantitative estimate of drug-likeness (QED) is 0.708. The first-order valence-electron chi connectivity index (χ1n) is 3.82. The Hall–Kier alpha value is -0.760. The summed E-state index contributed by atoms with van der Waals surface area (Å²) in [5, 5.41) is 0.323. The van der Waals surface area contributed by atoms with Crippen LogP contribution < -0.4 is 4.74 Å². The molecule has 12 heavy (non-hydrogen) atoms.